The lowest BCUT2D eigenvalue weighted by Gasteiger charge is -2.08. The van der Waals surface area contributed by atoms with Crippen LogP contribution in [0.3, 0.4) is 0 Å². The Hall–Kier alpha value is -1.90. The number of hydrogen-bond donors (Lipinski definition) is 2. The van der Waals surface area contributed by atoms with Crippen LogP contribution in [0.5, 0.6) is 0 Å². The van der Waals surface area contributed by atoms with Crippen molar-refractivity contribution < 1.29 is 17.7 Å². The molecule has 1 aromatic heterocycles. The highest BCUT2D eigenvalue weighted by molar-refractivity contribution is 7.89. The molecule has 25 heavy (non-hydrogen) atoms. The number of hydrogen-bond acceptors (Lipinski definition) is 5. The van der Waals surface area contributed by atoms with Gasteiger partial charge in [0.05, 0.1) is 10.6 Å². The van der Waals surface area contributed by atoms with Gasteiger partial charge in [-0.25, -0.2) is 13.1 Å². The molecule has 1 amide bonds. The number of aryl methyl sites for hydroxylation is 2. The number of benzene rings is 1. The predicted octanol–water partition coefficient (Wildman–Crippen LogP) is 1.97. The Balaban J connectivity index is 1.74. The van der Waals surface area contributed by atoms with Gasteiger partial charge in [0.2, 0.25) is 15.9 Å². The number of nitrogens with one attached hydrogen (secondary N) is 2. The highest BCUT2D eigenvalue weighted by atomic mass is 35.5. The molecule has 0 radical (unpaired) electrons. The minimum absolute atomic E-state index is 0.0877. The van der Waals surface area contributed by atoms with Crippen LogP contribution in [0.1, 0.15) is 23.4 Å². The first-order chi connectivity index (χ1) is 11.8. The minimum atomic E-state index is -3.65. The van der Waals surface area contributed by atoms with Gasteiger partial charge in [-0.1, -0.05) is 22.8 Å². The van der Waals surface area contributed by atoms with Gasteiger partial charge in [0.15, 0.2) is 0 Å². The number of carbonyl (C=O) groups excluding carboxylic acids is 1. The summed E-state index contributed by atoms with van der Waals surface area (Å²) in [6.07, 6.45) is 0.811. The fourth-order valence-electron chi connectivity index (χ4n) is 2.29. The molecule has 2 N–H and O–H groups in total. The van der Waals surface area contributed by atoms with E-state index in [4.69, 9.17) is 16.1 Å². The van der Waals surface area contributed by atoms with Gasteiger partial charge in [0, 0.05) is 30.1 Å². The van der Waals surface area contributed by atoms with Crippen molar-refractivity contribution in [1.82, 2.24) is 15.2 Å². The van der Waals surface area contributed by atoms with Crippen LogP contribution >= 0.6 is 11.6 Å². The Morgan fingerprint density at radius 2 is 2.04 bits per heavy atom. The first kappa shape index (κ1) is 19.4. The SMILES string of the molecule is Cc1noc(C)c1CCC(=O)NCCNS(=O)(=O)c1cccc(Cl)c1. The van der Waals surface area contributed by atoms with Crippen LogP contribution in [-0.4, -0.2) is 32.6 Å². The second kappa shape index (κ2) is 8.46. The molecule has 9 heteroatoms. The molecule has 136 valence electrons. The van der Waals surface area contributed by atoms with Gasteiger partial charge in [-0.15, -0.1) is 0 Å². The molecule has 0 fully saturated rings. The quantitative estimate of drug-likeness (QED) is 0.676. The lowest BCUT2D eigenvalue weighted by Crippen LogP contribution is -2.34. The Labute approximate surface area is 151 Å². The molecule has 0 atom stereocenters. The summed E-state index contributed by atoms with van der Waals surface area (Å²) in [6, 6.07) is 5.98. The van der Waals surface area contributed by atoms with E-state index in [0.717, 1.165) is 11.3 Å². The average Bonchev–Trinajstić information content (AvgIpc) is 2.88. The molecule has 0 aliphatic carbocycles. The lowest BCUT2D eigenvalue weighted by atomic mass is 10.1. The van der Waals surface area contributed by atoms with Crippen molar-refractivity contribution in [2.45, 2.75) is 31.6 Å². The molecule has 0 aliphatic heterocycles. The predicted molar refractivity (Wildman–Crippen MR) is 93.9 cm³/mol. The molecule has 2 aromatic rings. The second-order valence-electron chi connectivity index (χ2n) is 5.51. The fraction of sp³-hybridized carbons (Fsp3) is 0.375. The zero-order valence-corrected chi connectivity index (χ0v) is 15.6. The first-order valence-corrected chi connectivity index (χ1v) is 9.59. The van der Waals surface area contributed by atoms with Crippen molar-refractivity contribution in [2.24, 2.45) is 0 Å². The van der Waals surface area contributed by atoms with Crippen LogP contribution in [0.2, 0.25) is 5.02 Å². The van der Waals surface area contributed by atoms with Crippen molar-refractivity contribution in [3.63, 3.8) is 0 Å². The van der Waals surface area contributed by atoms with Gasteiger partial charge < -0.3 is 9.84 Å². The number of carbonyl (C=O) groups is 1. The number of amides is 1. The van der Waals surface area contributed by atoms with E-state index in [1.54, 1.807) is 19.1 Å². The highest BCUT2D eigenvalue weighted by Gasteiger charge is 2.14. The van der Waals surface area contributed by atoms with Gasteiger partial charge in [-0.05, 0) is 38.5 Å². The van der Waals surface area contributed by atoms with Gasteiger partial charge in [0.25, 0.3) is 0 Å². The number of halogens is 1. The topological polar surface area (TPSA) is 101 Å². The summed E-state index contributed by atoms with van der Waals surface area (Å²) in [7, 11) is -3.65. The lowest BCUT2D eigenvalue weighted by molar-refractivity contribution is -0.121. The third kappa shape index (κ3) is 5.55. The van der Waals surface area contributed by atoms with E-state index < -0.39 is 10.0 Å². The smallest absolute Gasteiger partial charge is 0.240 e. The fourth-order valence-corrected chi connectivity index (χ4v) is 3.62. The van der Waals surface area contributed by atoms with E-state index in [1.165, 1.54) is 12.1 Å². The molecule has 2 rings (SSSR count). The molecule has 0 unspecified atom stereocenters. The zero-order chi connectivity index (χ0) is 18.4. The van der Waals surface area contributed by atoms with E-state index in [0.29, 0.717) is 17.2 Å². The molecule has 0 saturated carbocycles. The standard InChI is InChI=1S/C16H20ClN3O4S/c1-11-15(12(2)24-20-11)6-7-16(21)18-8-9-19-25(22,23)14-5-3-4-13(17)10-14/h3-5,10,19H,6-9H2,1-2H3,(H,18,21). The summed E-state index contributed by atoms with van der Waals surface area (Å²) in [4.78, 5) is 11.9. The molecule has 0 aliphatic rings. The molecular weight excluding hydrogens is 366 g/mol. The van der Waals surface area contributed by atoms with Gasteiger partial charge in [-0.2, -0.15) is 0 Å². The maximum absolute atomic E-state index is 12.1. The molecule has 1 heterocycles. The molecular formula is C16H20ClN3O4S. The van der Waals surface area contributed by atoms with Gasteiger partial charge in [-0.3, -0.25) is 4.79 Å². The van der Waals surface area contributed by atoms with Crippen LogP contribution in [0.25, 0.3) is 0 Å². The van der Waals surface area contributed by atoms with E-state index in [-0.39, 0.29) is 30.3 Å². The van der Waals surface area contributed by atoms with Crippen LogP contribution in [-0.2, 0) is 21.2 Å². The first-order valence-electron chi connectivity index (χ1n) is 7.73. The maximum Gasteiger partial charge on any atom is 0.240 e. The van der Waals surface area contributed by atoms with Crippen molar-refractivity contribution in [3.05, 3.63) is 46.3 Å². The number of rotatable bonds is 8. The third-order valence-corrected chi connectivity index (χ3v) is 5.32. The largest absolute Gasteiger partial charge is 0.361 e. The Morgan fingerprint density at radius 1 is 1.28 bits per heavy atom. The summed E-state index contributed by atoms with van der Waals surface area (Å²) in [5.41, 5.74) is 1.70. The van der Waals surface area contributed by atoms with Gasteiger partial charge in [0.1, 0.15) is 5.76 Å². The normalized spacial score (nSPS) is 11.5. The summed E-state index contributed by atoms with van der Waals surface area (Å²) < 4.78 is 31.6. The molecule has 7 nitrogen and oxygen atoms in total. The van der Waals surface area contributed by atoms with Crippen LogP contribution in [0.4, 0.5) is 0 Å². The average molecular weight is 386 g/mol. The summed E-state index contributed by atoms with van der Waals surface area (Å²) in [5.74, 6) is 0.543. The Morgan fingerprint density at radius 3 is 2.68 bits per heavy atom. The summed E-state index contributed by atoms with van der Waals surface area (Å²) in [6.45, 7) is 3.92. The Bertz CT molecular complexity index is 829. The van der Waals surface area contributed by atoms with E-state index in [1.807, 2.05) is 6.92 Å². The van der Waals surface area contributed by atoms with Crippen molar-refractivity contribution in [2.75, 3.05) is 13.1 Å². The summed E-state index contributed by atoms with van der Waals surface area (Å²) in [5, 5.41) is 6.86. The minimum Gasteiger partial charge on any atom is -0.361 e. The number of aromatic nitrogens is 1. The van der Waals surface area contributed by atoms with E-state index in [9.17, 15) is 13.2 Å². The van der Waals surface area contributed by atoms with Crippen molar-refractivity contribution in [3.8, 4) is 0 Å². The molecule has 0 saturated heterocycles. The van der Waals surface area contributed by atoms with Crippen LogP contribution in [0, 0.1) is 13.8 Å². The van der Waals surface area contributed by atoms with Gasteiger partial charge >= 0.3 is 0 Å². The van der Waals surface area contributed by atoms with E-state index in [2.05, 4.69) is 15.2 Å². The Kier molecular flexibility index (Phi) is 6.57. The van der Waals surface area contributed by atoms with E-state index >= 15 is 0 Å². The number of sulfonamides is 1. The molecule has 0 bridgehead atoms. The zero-order valence-electron chi connectivity index (χ0n) is 14.0. The number of nitrogens with zero attached hydrogens (tertiary/aromatic N) is 1. The van der Waals surface area contributed by atoms with Crippen LogP contribution in [0.15, 0.2) is 33.7 Å². The van der Waals surface area contributed by atoms with Crippen LogP contribution < -0.4 is 10.0 Å². The third-order valence-electron chi connectivity index (χ3n) is 3.63. The highest BCUT2D eigenvalue weighted by Crippen LogP contribution is 2.15. The molecule has 0 spiro atoms. The summed E-state index contributed by atoms with van der Waals surface area (Å²) >= 11 is 5.79. The van der Waals surface area contributed by atoms with Crippen molar-refractivity contribution >= 4 is 27.5 Å². The monoisotopic (exact) mass is 385 g/mol. The second-order valence-corrected chi connectivity index (χ2v) is 7.71. The molecule has 1 aromatic carbocycles. The van der Waals surface area contributed by atoms with Crippen molar-refractivity contribution in [1.29, 1.82) is 0 Å². The maximum atomic E-state index is 12.1.